The zero-order valence-corrected chi connectivity index (χ0v) is 11.3. The van der Waals surface area contributed by atoms with Crippen LogP contribution >= 0.6 is 0 Å². The van der Waals surface area contributed by atoms with E-state index in [1.54, 1.807) is 6.07 Å². The van der Waals surface area contributed by atoms with Crippen LogP contribution in [0.4, 0.5) is 0 Å². The van der Waals surface area contributed by atoms with E-state index in [1.165, 1.54) is 0 Å². The van der Waals surface area contributed by atoms with Crippen LogP contribution < -0.4 is 5.73 Å². The largest absolute Gasteiger partial charge is 0.409 e. The fourth-order valence-electron chi connectivity index (χ4n) is 2.11. The second-order valence-electron chi connectivity index (χ2n) is 4.57. The van der Waals surface area contributed by atoms with E-state index in [0.29, 0.717) is 25.2 Å². The van der Waals surface area contributed by atoms with Gasteiger partial charge >= 0.3 is 0 Å². The van der Waals surface area contributed by atoms with Gasteiger partial charge in [-0.05, 0) is 5.56 Å². The number of amidine groups is 1. The SMILES string of the molecule is N/C(=N\O)c1ccccc1CN1CCS(=O)(=O)CC1. The van der Waals surface area contributed by atoms with Gasteiger partial charge in [0.1, 0.15) is 0 Å². The van der Waals surface area contributed by atoms with Crippen molar-refractivity contribution in [2.45, 2.75) is 6.54 Å². The predicted molar refractivity (Wildman–Crippen MR) is 72.9 cm³/mol. The average Bonchev–Trinajstić information content (AvgIpc) is 2.41. The lowest BCUT2D eigenvalue weighted by molar-refractivity contribution is 0.287. The van der Waals surface area contributed by atoms with Crippen molar-refractivity contribution in [3.63, 3.8) is 0 Å². The summed E-state index contributed by atoms with van der Waals surface area (Å²) in [5, 5.41) is 11.8. The Kier molecular flexibility index (Phi) is 4.06. The van der Waals surface area contributed by atoms with Crippen LogP contribution in [0.5, 0.6) is 0 Å². The molecule has 0 aromatic heterocycles. The van der Waals surface area contributed by atoms with Crippen molar-refractivity contribution < 1.29 is 13.6 Å². The summed E-state index contributed by atoms with van der Waals surface area (Å²) in [6.07, 6.45) is 0. The van der Waals surface area contributed by atoms with Crippen LogP contribution in [0.25, 0.3) is 0 Å². The molecule has 0 atom stereocenters. The van der Waals surface area contributed by atoms with Gasteiger partial charge in [0.15, 0.2) is 15.7 Å². The van der Waals surface area contributed by atoms with Gasteiger partial charge in [0, 0.05) is 25.2 Å². The van der Waals surface area contributed by atoms with E-state index in [4.69, 9.17) is 10.9 Å². The van der Waals surface area contributed by atoms with Gasteiger partial charge in [-0.3, -0.25) is 4.90 Å². The second-order valence-corrected chi connectivity index (χ2v) is 6.87. The van der Waals surface area contributed by atoms with Gasteiger partial charge in [-0.1, -0.05) is 29.4 Å². The molecule has 0 spiro atoms. The van der Waals surface area contributed by atoms with Crippen molar-refractivity contribution in [1.29, 1.82) is 0 Å². The van der Waals surface area contributed by atoms with Crippen molar-refractivity contribution in [3.8, 4) is 0 Å². The van der Waals surface area contributed by atoms with E-state index in [-0.39, 0.29) is 17.3 Å². The van der Waals surface area contributed by atoms with Crippen LogP contribution in [0, 0.1) is 0 Å². The Labute approximate surface area is 112 Å². The molecular formula is C12H17N3O3S. The Morgan fingerprint density at radius 1 is 1.32 bits per heavy atom. The molecule has 104 valence electrons. The van der Waals surface area contributed by atoms with E-state index >= 15 is 0 Å². The fraction of sp³-hybridized carbons (Fsp3) is 0.417. The predicted octanol–water partition coefficient (Wildman–Crippen LogP) is 0.0115. The Balaban J connectivity index is 2.12. The maximum atomic E-state index is 11.4. The first-order valence-corrected chi connectivity index (χ1v) is 7.82. The maximum Gasteiger partial charge on any atom is 0.170 e. The first kappa shape index (κ1) is 13.8. The summed E-state index contributed by atoms with van der Waals surface area (Å²) in [4.78, 5) is 2.06. The molecular weight excluding hydrogens is 266 g/mol. The third-order valence-electron chi connectivity index (χ3n) is 3.23. The van der Waals surface area contributed by atoms with Crippen molar-refractivity contribution in [1.82, 2.24) is 4.90 Å². The Bertz CT molecular complexity index is 570. The molecule has 0 bridgehead atoms. The van der Waals surface area contributed by atoms with Gasteiger partial charge in [0.2, 0.25) is 0 Å². The zero-order chi connectivity index (χ0) is 13.9. The minimum atomic E-state index is -2.87. The van der Waals surface area contributed by atoms with Crippen molar-refractivity contribution in [3.05, 3.63) is 35.4 Å². The Hall–Kier alpha value is -1.60. The standard InChI is InChI=1S/C12H17N3O3S/c13-12(14-16)11-4-2-1-3-10(11)9-15-5-7-19(17,18)8-6-15/h1-4,16H,5-9H2,(H2,13,14). The average molecular weight is 283 g/mol. The summed E-state index contributed by atoms with van der Waals surface area (Å²) in [5.41, 5.74) is 7.24. The molecule has 1 aliphatic heterocycles. The molecule has 2 rings (SSSR count). The highest BCUT2D eigenvalue weighted by molar-refractivity contribution is 7.91. The quantitative estimate of drug-likeness (QED) is 0.352. The molecule has 0 unspecified atom stereocenters. The summed E-state index contributed by atoms with van der Waals surface area (Å²) >= 11 is 0. The fourth-order valence-corrected chi connectivity index (χ4v) is 3.39. The summed E-state index contributed by atoms with van der Waals surface area (Å²) in [6, 6.07) is 7.38. The Morgan fingerprint density at radius 3 is 2.58 bits per heavy atom. The van der Waals surface area contributed by atoms with Crippen molar-refractivity contribution >= 4 is 15.7 Å². The smallest absolute Gasteiger partial charge is 0.170 e. The monoisotopic (exact) mass is 283 g/mol. The highest BCUT2D eigenvalue weighted by Crippen LogP contribution is 2.14. The third-order valence-corrected chi connectivity index (χ3v) is 4.84. The minimum Gasteiger partial charge on any atom is -0.409 e. The van der Waals surface area contributed by atoms with Crippen LogP contribution in [-0.4, -0.2) is 49.0 Å². The van der Waals surface area contributed by atoms with E-state index in [2.05, 4.69) is 10.1 Å². The number of benzene rings is 1. The van der Waals surface area contributed by atoms with Crippen molar-refractivity contribution in [2.24, 2.45) is 10.9 Å². The molecule has 1 aliphatic rings. The normalized spacial score (nSPS) is 20.3. The number of oxime groups is 1. The summed E-state index contributed by atoms with van der Waals surface area (Å²) < 4.78 is 22.7. The van der Waals surface area contributed by atoms with E-state index in [0.717, 1.165) is 5.56 Å². The molecule has 1 saturated heterocycles. The first-order valence-electron chi connectivity index (χ1n) is 6.00. The molecule has 1 aromatic carbocycles. The molecule has 0 radical (unpaired) electrons. The lowest BCUT2D eigenvalue weighted by Gasteiger charge is -2.27. The summed E-state index contributed by atoms with van der Waals surface area (Å²) in [6.45, 7) is 1.64. The number of hydrogen-bond acceptors (Lipinski definition) is 5. The molecule has 1 fully saturated rings. The van der Waals surface area contributed by atoms with Crippen LogP contribution in [0.2, 0.25) is 0 Å². The number of nitrogens with two attached hydrogens (primary N) is 1. The number of rotatable bonds is 3. The highest BCUT2D eigenvalue weighted by atomic mass is 32.2. The minimum absolute atomic E-state index is 0.0697. The van der Waals surface area contributed by atoms with Crippen LogP contribution in [0.1, 0.15) is 11.1 Å². The van der Waals surface area contributed by atoms with E-state index in [1.807, 2.05) is 18.2 Å². The molecule has 0 saturated carbocycles. The van der Waals surface area contributed by atoms with E-state index in [9.17, 15) is 8.42 Å². The molecule has 0 amide bonds. The number of hydrogen-bond donors (Lipinski definition) is 2. The first-order chi connectivity index (χ1) is 9.02. The molecule has 1 heterocycles. The molecule has 3 N–H and O–H groups in total. The van der Waals surface area contributed by atoms with Gasteiger partial charge in [0.25, 0.3) is 0 Å². The topological polar surface area (TPSA) is 96.0 Å². The summed E-state index contributed by atoms with van der Waals surface area (Å²) in [5.74, 6) is 0.456. The third kappa shape index (κ3) is 3.45. The molecule has 6 nitrogen and oxygen atoms in total. The lowest BCUT2D eigenvalue weighted by Crippen LogP contribution is -2.40. The molecule has 7 heteroatoms. The summed E-state index contributed by atoms with van der Waals surface area (Å²) in [7, 11) is -2.87. The number of nitrogens with zero attached hydrogens (tertiary/aromatic N) is 2. The second kappa shape index (κ2) is 5.58. The molecule has 0 aliphatic carbocycles. The number of sulfone groups is 1. The van der Waals surface area contributed by atoms with Gasteiger partial charge in [-0.2, -0.15) is 0 Å². The maximum absolute atomic E-state index is 11.4. The van der Waals surface area contributed by atoms with Crippen LogP contribution in [0.15, 0.2) is 29.4 Å². The molecule has 1 aromatic rings. The van der Waals surface area contributed by atoms with E-state index < -0.39 is 9.84 Å². The molecule has 19 heavy (non-hydrogen) atoms. The Morgan fingerprint density at radius 2 is 1.95 bits per heavy atom. The van der Waals surface area contributed by atoms with Crippen LogP contribution in [-0.2, 0) is 16.4 Å². The lowest BCUT2D eigenvalue weighted by atomic mass is 10.1. The van der Waals surface area contributed by atoms with Crippen molar-refractivity contribution in [2.75, 3.05) is 24.6 Å². The highest BCUT2D eigenvalue weighted by Gasteiger charge is 2.22. The zero-order valence-electron chi connectivity index (χ0n) is 10.5. The van der Waals surface area contributed by atoms with Gasteiger partial charge in [-0.15, -0.1) is 0 Å². The van der Waals surface area contributed by atoms with Crippen LogP contribution in [0.3, 0.4) is 0 Å². The van der Waals surface area contributed by atoms with Gasteiger partial charge < -0.3 is 10.9 Å². The van der Waals surface area contributed by atoms with Gasteiger partial charge in [0.05, 0.1) is 11.5 Å². The van der Waals surface area contributed by atoms with Gasteiger partial charge in [-0.25, -0.2) is 8.42 Å².